The highest BCUT2D eigenvalue weighted by molar-refractivity contribution is 5.81. The summed E-state index contributed by atoms with van der Waals surface area (Å²) in [6, 6.07) is 2.66. The first kappa shape index (κ1) is 16.1. The minimum absolute atomic E-state index is 0.271. The summed E-state index contributed by atoms with van der Waals surface area (Å²) in [6.45, 7) is 1.94. The number of hydrogen-bond donors (Lipinski definition) is 2. The topological polar surface area (TPSA) is 103 Å². The van der Waals surface area contributed by atoms with E-state index in [-0.39, 0.29) is 6.42 Å². The highest BCUT2D eigenvalue weighted by Gasteiger charge is 2.25. The van der Waals surface area contributed by atoms with E-state index in [0.717, 1.165) is 12.0 Å². The Hall–Kier alpha value is -1.95. The second kappa shape index (κ2) is 8.27. The van der Waals surface area contributed by atoms with E-state index in [2.05, 4.69) is 4.98 Å². The van der Waals surface area contributed by atoms with Gasteiger partial charge in [0.1, 0.15) is 6.04 Å². The van der Waals surface area contributed by atoms with Crippen molar-refractivity contribution in [1.82, 2.24) is 4.98 Å². The highest BCUT2D eigenvalue weighted by atomic mass is 16.6. The van der Waals surface area contributed by atoms with Gasteiger partial charge in [-0.15, -0.1) is 0 Å². The van der Waals surface area contributed by atoms with Crippen LogP contribution in [-0.4, -0.2) is 34.2 Å². The molecule has 0 aliphatic rings. The Kier molecular flexibility index (Phi) is 6.66. The number of rotatable bonds is 8. The van der Waals surface area contributed by atoms with Crippen molar-refractivity contribution in [3.63, 3.8) is 0 Å². The van der Waals surface area contributed by atoms with Crippen LogP contribution in [0.2, 0.25) is 0 Å². The van der Waals surface area contributed by atoms with E-state index in [4.69, 9.17) is 15.6 Å². The van der Waals surface area contributed by atoms with Crippen LogP contribution in [-0.2, 0) is 20.7 Å². The number of pyridine rings is 1. The Balaban J connectivity index is 2.53. The molecule has 1 aromatic heterocycles. The van der Waals surface area contributed by atoms with Gasteiger partial charge in [-0.3, -0.25) is 9.78 Å². The van der Waals surface area contributed by atoms with Gasteiger partial charge in [0, 0.05) is 12.4 Å². The van der Waals surface area contributed by atoms with Crippen molar-refractivity contribution in [2.75, 3.05) is 0 Å². The molecule has 0 fully saturated rings. The van der Waals surface area contributed by atoms with Crippen LogP contribution in [0.5, 0.6) is 0 Å². The number of carboxylic acid groups (broad SMARTS) is 1. The van der Waals surface area contributed by atoms with Gasteiger partial charge in [-0.25, -0.2) is 4.79 Å². The average molecular weight is 280 g/mol. The third-order valence-electron chi connectivity index (χ3n) is 2.83. The third kappa shape index (κ3) is 5.36. The van der Waals surface area contributed by atoms with Crippen molar-refractivity contribution in [2.45, 2.75) is 44.8 Å². The van der Waals surface area contributed by atoms with Crippen LogP contribution in [0.4, 0.5) is 0 Å². The van der Waals surface area contributed by atoms with E-state index in [1.165, 1.54) is 0 Å². The predicted molar refractivity (Wildman–Crippen MR) is 73.0 cm³/mol. The third-order valence-corrected chi connectivity index (χ3v) is 2.83. The number of carboxylic acids is 1. The molecule has 0 saturated heterocycles. The Morgan fingerprint density at radius 2 is 2.25 bits per heavy atom. The molecule has 0 aliphatic heterocycles. The van der Waals surface area contributed by atoms with Crippen LogP contribution in [0.3, 0.4) is 0 Å². The van der Waals surface area contributed by atoms with Gasteiger partial charge in [-0.2, -0.15) is 0 Å². The van der Waals surface area contributed by atoms with Gasteiger partial charge in [0.25, 0.3) is 0 Å². The standard InChI is InChI=1S/C14H20N2O4/c1-2-3-6-12(13(17)18)20-14(19)11(15)8-10-5-4-7-16-9-10/h4-5,7,9,11-12H,2-3,6,8,15H2,1H3,(H,17,18)/t11-,12-/m0/s1. The summed E-state index contributed by atoms with van der Waals surface area (Å²) in [5.74, 6) is -1.84. The normalized spacial score (nSPS) is 13.5. The summed E-state index contributed by atoms with van der Waals surface area (Å²) in [5.41, 5.74) is 6.53. The maximum Gasteiger partial charge on any atom is 0.345 e. The SMILES string of the molecule is CCCC[C@H](OC(=O)[C@@H](N)Cc1cccnc1)C(=O)O. The number of carbonyl (C=O) groups excluding carboxylic acids is 1. The molecule has 0 amide bonds. The second-order valence-corrected chi connectivity index (χ2v) is 4.58. The Labute approximate surface area is 118 Å². The molecular weight excluding hydrogens is 260 g/mol. The van der Waals surface area contributed by atoms with Gasteiger partial charge >= 0.3 is 11.9 Å². The molecule has 0 unspecified atom stereocenters. The van der Waals surface area contributed by atoms with Crippen LogP contribution in [0.25, 0.3) is 0 Å². The summed E-state index contributed by atoms with van der Waals surface area (Å²) in [6.07, 6.45) is 4.20. The molecule has 0 radical (unpaired) electrons. The lowest BCUT2D eigenvalue weighted by atomic mass is 10.1. The summed E-state index contributed by atoms with van der Waals surface area (Å²) < 4.78 is 4.96. The number of nitrogens with two attached hydrogens (primary N) is 1. The predicted octanol–water partition coefficient (Wildman–Crippen LogP) is 1.14. The van der Waals surface area contributed by atoms with E-state index in [0.29, 0.717) is 12.8 Å². The summed E-state index contributed by atoms with van der Waals surface area (Å²) >= 11 is 0. The molecule has 2 atom stereocenters. The first-order valence-electron chi connectivity index (χ1n) is 6.62. The second-order valence-electron chi connectivity index (χ2n) is 4.58. The minimum Gasteiger partial charge on any atom is -0.479 e. The molecular formula is C14H20N2O4. The van der Waals surface area contributed by atoms with Gasteiger partial charge in [-0.05, 0) is 30.9 Å². The number of nitrogens with zero attached hydrogens (tertiary/aromatic N) is 1. The first-order valence-corrected chi connectivity index (χ1v) is 6.62. The molecule has 1 aromatic rings. The number of hydrogen-bond acceptors (Lipinski definition) is 5. The fourth-order valence-corrected chi connectivity index (χ4v) is 1.71. The van der Waals surface area contributed by atoms with Crippen LogP contribution < -0.4 is 5.73 Å². The lowest BCUT2D eigenvalue weighted by molar-refractivity contribution is -0.165. The van der Waals surface area contributed by atoms with Crippen molar-refractivity contribution in [1.29, 1.82) is 0 Å². The van der Waals surface area contributed by atoms with Crippen molar-refractivity contribution in [3.05, 3.63) is 30.1 Å². The zero-order valence-electron chi connectivity index (χ0n) is 11.5. The summed E-state index contributed by atoms with van der Waals surface area (Å²) in [7, 11) is 0. The average Bonchev–Trinajstić information content (AvgIpc) is 2.43. The Morgan fingerprint density at radius 3 is 2.80 bits per heavy atom. The molecule has 0 saturated carbocycles. The quantitative estimate of drug-likeness (QED) is 0.692. The molecule has 6 heteroatoms. The smallest absolute Gasteiger partial charge is 0.345 e. The van der Waals surface area contributed by atoms with Gasteiger partial charge in [0.2, 0.25) is 0 Å². The van der Waals surface area contributed by atoms with Crippen LogP contribution in [0, 0.1) is 0 Å². The summed E-state index contributed by atoms with van der Waals surface area (Å²) in [4.78, 5) is 26.7. The first-order chi connectivity index (χ1) is 9.54. The summed E-state index contributed by atoms with van der Waals surface area (Å²) in [5, 5.41) is 8.99. The van der Waals surface area contributed by atoms with E-state index in [1.807, 2.05) is 6.92 Å². The molecule has 1 heterocycles. The van der Waals surface area contributed by atoms with Gasteiger partial charge in [0.15, 0.2) is 6.10 Å². The highest BCUT2D eigenvalue weighted by Crippen LogP contribution is 2.08. The minimum atomic E-state index is -1.14. The fraction of sp³-hybridized carbons (Fsp3) is 0.500. The van der Waals surface area contributed by atoms with Crippen molar-refractivity contribution >= 4 is 11.9 Å². The van der Waals surface area contributed by atoms with Crippen LogP contribution in [0.15, 0.2) is 24.5 Å². The van der Waals surface area contributed by atoms with Crippen molar-refractivity contribution < 1.29 is 19.4 Å². The molecule has 0 aliphatic carbocycles. The Morgan fingerprint density at radius 1 is 1.50 bits per heavy atom. The number of aliphatic carboxylic acids is 1. The molecule has 1 rings (SSSR count). The monoisotopic (exact) mass is 280 g/mol. The molecule has 6 nitrogen and oxygen atoms in total. The molecule has 110 valence electrons. The molecule has 20 heavy (non-hydrogen) atoms. The van der Waals surface area contributed by atoms with Gasteiger partial charge < -0.3 is 15.6 Å². The lowest BCUT2D eigenvalue weighted by Gasteiger charge is -2.16. The zero-order chi connectivity index (χ0) is 15.0. The fourth-order valence-electron chi connectivity index (χ4n) is 1.71. The van der Waals surface area contributed by atoms with Crippen molar-refractivity contribution in [2.24, 2.45) is 5.73 Å². The molecule has 0 aromatic carbocycles. The Bertz CT molecular complexity index is 436. The number of ether oxygens (including phenoxy) is 1. The van der Waals surface area contributed by atoms with Crippen LogP contribution in [0.1, 0.15) is 31.7 Å². The van der Waals surface area contributed by atoms with Gasteiger partial charge in [0.05, 0.1) is 0 Å². The van der Waals surface area contributed by atoms with E-state index < -0.39 is 24.1 Å². The maximum atomic E-state index is 11.8. The lowest BCUT2D eigenvalue weighted by Crippen LogP contribution is -2.39. The molecule has 0 spiro atoms. The molecule has 0 bridgehead atoms. The maximum absolute atomic E-state index is 11.8. The van der Waals surface area contributed by atoms with E-state index in [1.54, 1.807) is 24.5 Å². The van der Waals surface area contributed by atoms with Gasteiger partial charge in [-0.1, -0.05) is 19.4 Å². The number of esters is 1. The largest absolute Gasteiger partial charge is 0.479 e. The molecule has 3 N–H and O–H groups in total. The van der Waals surface area contributed by atoms with Crippen LogP contribution >= 0.6 is 0 Å². The number of aromatic nitrogens is 1. The van der Waals surface area contributed by atoms with Crippen molar-refractivity contribution in [3.8, 4) is 0 Å². The number of carbonyl (C=O) groups is 2. The van der Waals surface area contributed by atoms with E-state index in [9.17, 15) is 9.59 Å². The zero-order valence-corrected chi connectivity index (χ0v) is 11.5. The van der Waals surface area contributed by atoms with E-state index >= 15 is 0 Å². The number of unbranched alkanes of at least 4 members (excludes halogenated alkanes) is 1.